The van der Waals surface area contributed by atoms with Crippen molar-refractivity contribution in [1.29, 1.82) is 0 Å². The first-order chi connectivity index (χ1) is 14.1. The van der Waals surface area contributed by atoms with Crippen molar-refractivity contribution in [3.8, 4) is 23.0 Å². The predicted octanol–water partition coefficient (Wildman–Crippen LogP) is 1.59. The van der Waals surface area contributed by atoms with E-state index in [1.807, 2.05) is 0 Å². The number of fused-ring (bicyclic) bond motifs is 1. The quantitative estimate of drug-likeness (QED) is 0.561. The third kappa shape index (κ3) is 4.40. The Balaban J connectivity index is 1.70. The summed E-state index contributed by atoms with van der Waals surface area (Å²) in [7, 11) is 4.55. The van der Waals surface area contributed by atoms with Crippen molar-refractivity contribution in [2.45, 2.75) is 0 Å². The molecule has 0 atom stereocenters. The Morgan fingerprint density at radius 2 is 1.83 bits per heavy atom. The highest BCUT2D eigenvalue weighted by Gasteiger charge is 2.26. The number of hydrogen-bond donors (Lipinski definition) is 1. The van der Waals surface area contributed by atoms with Gasteiger partial charge in [-0.15, -0.1) is 0 Å². The van der Waals surface area contributed by atoms with Gasteiger partial charge in [-0.3, -0.25) is 14.5 Å². The second-order valence-corrected chi connectivity index (χ2v) is 5.98. The molecule has 2 aromatic rings. The number of anilines is 1. The minimum Gasteiger partial charge on any atom is -0.496 e. The number of carbonyl (C=O) groups excluding carboxylic acids is 2. The Morgan fingerprint density at radius 3 is 2.55 bits per heavy atom. The highest BCUT2D eigenvalue weighted by molar-refractivity contribution is 6.02. The molecule has 2 aromatic carbocycles. The summed E-state index contributed by atoms with van der Waals surface area (Å²) in [5.74, 6) is 1.30. The fourth-order valence-electron chi connectivity index (χ4n) is 2.83. The molecule has 29 heavy (non-hydrogen) atoms. The minimum atomic E-state index is -0.453. The number of para-hydroxylation sites is 2. The number of hydrogen-bond acceptors (Lipinski definition) is 7. The van der Waals surface area contributed by atoms with Gasteiger partial charge in [-0.1, -0.05) is 12.1 Å². The van der Waals surface area contributed by atoms with Crippen LogP contribution in [0.3, 0.4) is 0 Å². The highest BCUT2D eigenvalue weighted by atomic mass is 16.5. The third-order valence-electron chi connectivity index (χ3n) is 4.24. The number of amides is 2. The molecule has 152 valence electrons. The van der Waals surface area contributed by atoms with E-state index in [1.54, 1.807) is 36.4 Å². The fraction of sp³-hybridized carbons (Fsp3) is 0.250. The Morgan fingerprint density at radius 1 is 1.14 bits per heavy atom. The average Bonchev–Trinajstić information content (AvgIpc) is 2.75. The summed E-state index contributed by atoms with van der Waals surface area (Å²) in [4.78, 5) is 25.8. The Kier molecular flexibility index (Phi) is 6.18. The minimum absolute atomic E-state index is 0.115. The maximum atomic E-state index is 12.3. The van der Waals surface area contributed by atoms with Crippen molar-refractivity contribution in [3.63, 3.8) is 0 Å². The monoisotopic (exact) mass is 399 g/mol. The lowest BCUT2D eigenvalue weighted by Crippen LogP contribution is -2.44. The van der Waals surface area contributed by atoms with Crippen LogP contribution in [0.2, 0.25) is 0 Å². The van der Waals surface area contributed by atoms with E-state index >= 15 is 0 Å². The lowest BCUT2D eigenvalue weighted by molar-refractivity contribution is -0.125. The highest BCUT2D eigenvalue weighted by Crippen LogP contribution is 2.34. The van der Waals surface area contributed by atoms with Gasteiger partial charge in [0, 0.05) is 11.6 Å². The van der Waals surface area contributed by atoms with Crippen LogP contribution in [0.1, 0.15) is 5.56 Å². The first-order valence-corrected chi connectivity index (χ1v) is 8.71. The summed E-state index contributed by atoms with van der Waals surface area (Å²) in [6, 6.07) is 10.4. The first kappa shape index (κ1) is 20.0. The first-order valence-electron chi connectivity index (χ1n) is 8.71. The molecule has 0 unspecified atom stereocenters. The van der Waals surface area contributed by atoms with Gasteiger partial charge in [-0.2, -0.15) is 5.10 Å². The molecule has 0 saturated carbocycles. The molecule has 0 aliphatic carbocycles. The summed E-state index contributed by atoms with van der Waals surface area (Å²) in [5, 5.41) is 3.96. The molecule has 0 radical (unpaired) electrons. The fourth-order valence-corrected chi connectivity index (χ4v) is 2.83. The normalized spacial score (nSPS) is 12.9. The molecule has 9 heteroatoms. The molecular formula is C20H21N3O6. The third-order valence-corrected chi connectivity index (χ3v) is 4.24. The van der Waals surface area contributed by atoms with Gasteiger partial charge in [0.05, 0.1) is 33.2 Å². The van der Waals surface area contributed by atoms with E-state index in [1.165, 1.54) is 32.4 Å². The zero-order valence-electron chi connectivity index (χ0n) is 16.3. The predicted molar refractivity (Wildman–Crippen MR) is 106 cm³/mol. The molecular weight excluding hydrogens is 378 g/mol. The van der Waals surface area contributed by atoms with Gasteiger partial charge < -0.3 is 18.9 Å². The lowest BCUT2D eigenvalue weighted by atomic mass is 10.2. The van der Waals surface area contributed by atoms with Crippen LogP contribution < -0.4 is 29.3 Å². The Labute approximate surface area is 167 Å². The summed E-state index contributed by atoms with van der Waals surface area (Å²) < 4.78 is 21.2. The number of rotatable bonds is 7. The lowest BCUT2D eigenvalue weighted by Gasteiger charge is -2.28. The molecule has 3 rings (SSSR count). The van der Waals surface area contributed by atoms with Crippen LogP contribution in [0, 0.1) is 0 Å². The van der Waals surface area contributed by atoms with Crippen molar-refractivity contribution in [3.05, 3.63) is 42.0 Å². The van der Waals surface area contributed by atoms with Gasteiger partial charge in [-0.05, 0) is 18.2 Å². The summed E-state index contributed by atoms with van der Waals surface area (Å²) in [6.07, 6.45) is 1.42. The second-order valence-electron chi connectivity index (χ2n) is 5.98. The topological polar surface area (TPSA) is 98.7 Å². The van der Waals surface area contributed by atoms with E-state index in [0.717, 1.165) is 0 Å². The smallest absolute Gasteiger partial charge is 0.265 e. The van der Waals surface area contributed by atoms with Crippen LogP contribution in [0.15, 0.2) is 41.5 Å². The van der Waals surface area contributed by atoms with Crippen molar-refractivity contribution in [2.75, 3.05) is 39.4 Å². The molecule has 0 fully saturated rings. The SMILES string of the molecule is COc1cc(OC)c(OC)cc1/C=N\NC(=O)CN1C(=O)COc2ccccc21. The number of carbonyl (C=O) groups is 2. The Bertz CT molecular complexity index is 944. The zero-order chi connectivity index (χ0) is 20.8. The van der Waals surface area contributed by atoms with E-state index in [-0.39, 0.29) is 19.1 Å². The molecule has 1 heterocycles. The average molecular weight is 399 g/mol. The number of methoxy groups -OCH3 is 3. The molecule has 1 N–H and O–H groups in total. The molecule has 1 aliphatic rings. The van der Waals surface area contributed by atoms with Gasteiger partial charge in [-0.25, -0.2) is 5.43 Å². The van der Waals surface area contributed by atoms with Crippen LogP contribution in [0.4, 0.5) is 5.69 Å². The summed E-state index contributed by atoms with van der Waals surface area (Å²) in [5.41, 5.74) is 3.54. The zero-order valence-corrected chi connectivity index (χ0v) is 16.3. The van der Waals surface area contributed by atoms with Gasteiger partial charge in [0.2, 0.25) is 0 Å². The van der Waals surface area contributed by atoms with Gasteiger partial charge in [0.15, 0.2) is 18.1 Å². The number of ether oxygens (including phenoxy) is 4. The standard InChI is InChI=1S/C20H21N3O6/c1-26-16-9-18(28-3)17(27-2)8-13(16)10-21-22-19(24)11-23-14-6-4-5-7-15(14)29-12-20(23)25/h4-10H,11-12H2,1-3H3,(H,22,24)/b21-10-. The maximum Gasteiger partial charge on any atom is 0.265 e. The van der Waals surface area contributed by atoms with Crippen molar-refractivity contribution in [2.24, 2.45) is 5.10 Å². The number of benzene rings is 2. The van der Waals surface area contributed by atoms with E-state index in [4.69, 9.17) is 18.9 Å². The van der Waals surface area contributed by atoms with Crippen LogP contribution >= 0.6 is 0 Å². The Hall–Kier alpha value is -3.75. The number of hydrazone groups is 1. The molecule has 2 amide bonds. The largest absolute Gasteiger partial charge is 0.496 e. The number of nitrogens with zero attached hydrogens (tertiary/aromatic N) is 2. The van der Waals surface area contributed by atoms with Gasteiger partial charge in [0.25, 0.3) is 11.8 Å². The molecule has 0 spiro atoms. The molecule has 0 aromatic heterocycles. The molecule has 0 bridgehead atoms. The molecule has 0 saturated heterocycles. The summed E-state index contributed by atoms with van der Waals surface area (Å²) >= 11 is 0. The number of nitrogens with one attached hydrogen (secondary N) is 1. The van der Waals surface area contributed by atoms with Crippen molar-refractivity contribution < 1.29 is 28.5 Å². The van der Waals surface area contributed by atoms with E-state index in [9.17, 15) is 9.59 Å². The van der Waals surface area contributed by atoms with Crippen LogP contribution in [-0.4, -0.2) is 52.5 Å². The van der Waals surface area contributed by atoms with Crippen LogP contribution in [0.5, 0.6) is 23.0 Å². The molecule has 1 aliphatic heterocycles. The second kappa shape index (κ2) is 8.96. The van der Waals surface area contributed by atoms with E-state index < -0.39 is 5.91 Å². The van der Waals surface area contributed by atoms with Crippen molar-refractivity contribution in [1.82, 2.24) is 5.43 Å². The molecule has 9 nitrogen and oxygen atoms in total. The van der Waals surface area contributed by atoms with E-state index in [2.05, 4.69) is 10.5 Å². The van der Waals surface area contributed by atoms with Gasteiger partial charge in [0.1, 0.15) is 18.0 Å². The van der Waals surface area contributed by atoms with Crippen LogP contribution in [0.25, 0.3) is 0 Å². The van der Waals surface area contributed by atoms with Gasteiger partial charge >= 0.3 is 0 Å². The van der Waals surface area contributed by atoms with E-state index in [0.29, 0.717) is 34.2 Å². The summed E-state index contributed by atoms with van der Waals surface area (Å²) in [6.45, 7) is -0.296. The maximum absolute atomic E-state index is 12.3. The van der Waals surface area contributed by atoms with Crippen molar-refractivity contribution >= 4 is 23.7 Å². The van der Waals surface area contributed by atoms with Crippen LogP contribution in [-0.2, 0) is 9.59 Å².